The Morgan fingerprint density at radius 3 is 2.56 bits per heavy atom. The second kappa shape index (κ2) is 6.72. The van der Waals surface area contributed by atoms with Crippen molar-refractivity contribution in [2.45, 2.75) is 19.0 Å². The van der Waals surface area contributed by atoms with E-state index in [1.807, 2.05) is 0 Å². The molecule has 1 aromatic carbocycles. The summed E-state index contributed by atoms with van der Waals surface area (Å²) < 4.78 is 17.7. The van der Waals surface area contributed by atoms with Crippen LogP contribution in [0.5, 0.6) is 0 Å². The van der Waals surface area contributed by atoms with Crippen LogP contribution in [0.1, 0.15) is 24.6 Å². The van der Waals surface area contributed by atoms with Gasteiger partial charge < -0.3 is 9.32 Å². The van der Waals surface area contributed by atoms with Crippen molar-refractivity contribution in [2.75, 3.05) is 13.3 Å². The fourth-order valence-electron chi connectivity index (χ4n) is 1.76. The van der Waals surface area contributed by atoms with Gasteiger partial charge in [-0.1, -0.05) is 29.3 Å². The molecule has 1 aromatic rings. The summed E-state index contributed by atoms with van der Waals surface area (Å²) in [5, 5.41) is 0.800. The van der Waals surface area contributed by atoms with Crippen molar-refractivity contribution in [1.29, 1.82) is 0 Å². The van der Waals surface area contributed by atoms with Crippen molar-refractivity contribution < 1.29 is 13.9 Å². The number of aldehydes is 1. The van der Waals surface area contributed by atoms with Gasteiger partial charge in [0.1, 0.15) is 6.29 Å². The molecule has 0 fully saturated rings. The normalized spacial score (nSPS) is 16.0. The quantitative estimate of drug-likeness (QED) is 0.571. The zero-order chi connectivity index (χ0) is 13.8. The largest absolute Gasteiger partial charge is 0.329 e. The highest BCUT2D eigenvalue weighted by Crippen LogP contribution is 2.58. The molecule has 0 bridgehead atoms. The summed E-state index contributed by atoms with van der Waals surface area (Å²) in [6, 6.07) is 4.98. The smallest absolute Gasteiger partial charge is 0.207 e. The van der Waals surface area contributed by atoms with Crippen LogP contribution in [0.15, 0.2) is 18.2 Å². The number of hydrogen-bond acceptors (Lipinski definition) is 3. The Hall–Kier alpha value is -0.340. The van der Waals surface area contributed by atoms with Gasteiger partial charge in [0.15, 0.2) is 0 Å². The van der Waals surface area contributed by atoms with E-state index in [9.17, 15) is 9.36 Å². The first-order valence-electron chi connectivity index (χ1n) is 5.52. The summed E-state index contributed by atoms with van der Waals surface area (Å²) in [5.41, 5.74) is 0.223. The van der Waals surface area contributed by atoms with Crippen molar-refractivity contribution in [1.82, 2.24) is 0 Å². The number of carbonyl (C=O) groups excluding carboxylic acids is 1. The van der Waals surface area contributed by atoms with E-state index in [0.29, 0.717) is 22.2 Å². The third-order valence-corrected chi connectivity index (χ3v) is 5.75. The fraction of sp³-hybridized carbons (Fsp3) is 0.417. The standard InChI is InChI=1S/C12H15Cl2O3P/c1-3-17-18(2,16)12(6-7-15)9-4-5-10(13)11(14)8-9/h4-5,7-8,12H,3,6H2,1-2H3. The van der Waals surface area contributed by atoms with Gasteiger partial charge in [0.2, 0.25) is 7.37 Å². The first-order chi connectivity index (χ1) is 8.42. The fourth-order valence-corrected chi connectivity index (χ4v) is 3.93. The Labute approximate surface area is 117 Å². The summed E-state index contributed by atoms with van der Waals surface area (Å²) in [5.74, 6) is 0. The second-order valence-electron chi connectivity index (χ2n) is 3.92. The predicted octanol–water partition coefficient (Wildman–Crippen LogP) is 4.57. The lowest BCUT2D eigenvalue weighted by atomic mass is 10.1. The van der Waals surface area contributed by atoms with Crippen LogP contribution >= 0.6 is 30.6 Å². The van der Waals surface area contributed by atoms with Crippen molar-refractivity contribution in [2.24, 2.45) is 0 Å². The maximum absolute atomic E-state index is 12.4. The van der Waals surface area contributed by atoms with E-state index < -0.39 is 13.0 Å². The topological polar surface area (TPSA) is 43.4 Å². The predicted molar refractivity (Wildman–Crippen MR) is 75.0 cm³/mol. The molecule has 0 spiro atoms. The Morgan fingerprint density at radius 1 is 1.39 bits per heavy atom. The molecule has 0 radical (unpaired) electrons. The zero-order valence-electron chi connectivity index (χ0n) is 10.2. The molecule has 2 unspecified atom stereocenters. The third kappa shape index (κ3) is 3.83. The molecule has 0 saturated carbocycles. The molecule has 2 atom stereocenters. The SMILES string of the molecule is CCOP(C)(=O)C(CC=O)c1ccc(Cl)c(Cl)c1. The molecule has 0 amide bonds. The van der Waals surface area contributed by atoms with Crippen LogP contribution in [0.2, 0.25) is 10.0 Å². The van der Waals surface area contributed by atoms with Gasteiger partial charge in [-0.2, -0.15) is 0 Å². The average Bonchev–Trinajstić information content (AvgIpc) is 2.29. The minimum Gasteiger partial charge on any atom is -0.329 e. The molecule has 6 heteroatoms. The minimum atomic E-state index is -2.91. The van der Waals surface area contributed by atoms with Crippen LogP contribution in [0.3, 0.4) is 0 Å². The number of carbonyl (C=O) groups is 1. The van der Waals surface area contributed by atoms with E-state index in [4.69, 9.17) is 27.7 Å². The van der Waals surface area contributed by atoms with E-state index in [-0.39, 0.29) is 6.42 Å². The molecule has 0 aliphatic rings. The average molecular weight is 309 g/mol. The lowest BCUT2D eigenvalue weighted by Gasteiger charge is -2.23. The molecule has 0 N–H and O–H groups in total. The molecule has 18 heavy (non-hydrogen) atoms. The second-order valence-corrected chi connectivity index (χ2v) is 7.43. The molecule has 3 nitrogen and oxygen atoms in total. The van der Waals surface area contributed by atoms with Crippen LogP contribution in [-0.2, 0) is 13.9 Å². The number of halogens is 2. The molecular weight excluding hydrogens is 294 g/mol. The molecule has 0 saturated heterocycles. The monoisotopic (exact) mass is 308 g/mol. The Kier molecular flexibility index (Phi) is 5.87. The number of hydrogen-bond donors (Lipinski definition) is 0. The molecule has 1 rings (SSSR count). The van der Waals surface area contributed by atoms with E-state index in [1.54, 1.807) is 25.1 Å². The van der Waals surface area contributed by atoms with Gasteiger partial charge in [-0.3, -0.25) is 4.57 Å². The van der Waals surface area contributed by atoms with E-state index in [2.05, 4.69) is 0 Å². The summed E-state index contributed by atoms with van der Waals surface area (Å²) in [7, 11) is -2.91. The zero-order valence-corrected chi connectivity index (χ0v) is 12.6. The maximum atomic E-state index is 12.4. The number of benzene rings is 1. The van der Waals surface area contributed by atoms with Crippen LogP contribution in [0, 0.1) is 0 Å². The van der Waals surface area contributed by atoms with Crippen molar-refractivity contribution in [3.05, 3.63) is 33.8 Å². The van der Waals surface area contributed by atoms with Gasteiger partial charge in [-0.25, -0.2) is 0 Å². The van der Waals surface area contributed by atoms with Crippen LogP contribution < -0.4 is 0 Å². The van der Waals surface area contributed by atoms with Crippen LogP contribution in [0.4, 0.5) is 0 Å². The third-order valence-electron chi connectivity index (χ3n) is 2.60. The molecule has 100 valence electrons. The Balaban J connectivity index is 3.15. The van der Waals surface area contributed by atoms with Gasteiger partial charge in [-0.05, 0) is 24.6 Å². The van der Waals surface area contributed by atoms with Gasteiger partial charge in [0.05, 0.1) is 22.3 Å². The Bertz CT molecular complexity index is 476. The summed E-state index contributed by atoms with van der Waals surface area (Å²) in [4.78, 5) is 10.8. The lowest BCUT2D eigenvalue weighted by molar-refractivity contribution is -0.107. The highest BCUT2D eigenvalue weighted by molar-refractivity contribution is 7.58. The lowest BCUT2D eigenvalue weighted by Crippen LogP contribution is -2.04. The highest BCUT2D eigenvalue weighted by atomic mass is 35.5. The summed E-state index contributed by atoms with van der Waals surface area (Å²) in [6.45, 7) is 3.64. The van der Waals surface area contributed by atoms with Crippen molar-refractivity contribution in [3.8, 4) is 0 Å². The van der Waals surface area contributed by atoms with E-state index in [1.165, 1.54) is 6.66 Å². The molecule has 0 heterocycles. The van der Waals surface area contributed by atoms with Gasteiger partial charge in [-0.15, -0.1) is 0 Å². The maximum Gasteiger partial charge on any atom is 0.207 e. The first-order valence-corrected chi connectivity index (χ1v) is 8.42. The highest BCUT2D eigenvalue weighted by Gasteiger charge is 2.30. The van der Waals surface area contributed by atoms with Gasteiger partial charge >= 0.3 is 0 Å². The molecular formula is C12H15Cl2O3P. The van der Waals surface area contributed by atoms with Crippen molar-refractivity contribution in [3.63, 3.8) is 0 Å². The van der Waals surface area contributed by atoms with Crippen LogP contribution in [0.25, 0.3) is 0 Å². The minimum absolute atomic E-state index is 0.131. The van der Waals surface area contributed by atoms with Gasteiger partial charge in [0, 0.05) is 13.1 Å². The van der Waals surface area contributed by atoms with Gasteiger partial charge in [0.25, 0.3) is 0 Å². The van der Waals surface area contributed by atoms with Crippen LogP contribution in [-0.4, -0.2) is 19.6 Å². The first kappa shape index (κ1) is 15.7. The molecule has 0 aliphatic carbocycles. The number of rotatable bonds is 6. The van der Waals surface area contributed by atoms with Crippen molar-refractivity contribution >= 4 is 36.9 Å². The Morgan fingerprint density at radius 2 is 2.06 bits per heavy atom. The summed E-state index contributed by atoms with van der Waals surface area (Å²) in [6.07, 6.45) is 0.869. The summed E-state index contributed by atoms with van der Waals surface area (Å²) >= 11 is 11.8. The molecule has 0 aromatic heterocycles. The van der Waals surface area contributed by atoms with E-state index >= 15 is 0 Å². The van der Waals surface area contributed by atoms with E-state index in [0.717, 1.165) is 6.29 Å². The molecule has 0 aliphatic heterocycles.